The van der Waals surface area contributed by atoms with Crippen LogP contribution in [0.15, 0.2) is 30.3 Å². The number of carbonyl (C=O) groups excluding carboxylic acids is 1. The predicted molar refractivity (Wildman–Crippen MR) is 71.2 cm³/mol. The molecule has 18 heavy (non-hydrogen) atoms. The second-order valence-corrected chi connectivity index (χ2v) is 4.40. The van der Waals surface area contributed by atoms with Crippen LogP contribution in [0.5, 0.6) is 0 Å². The molecule has 0 saturated heterocycles. The van der Waals surface area contributed by atoms with Crippen molar-refractivity contribution < 1.29 is 4.79 Å². The largest absolute Gasteiger partial charge is 0.305 e. The lowest BCUT2D eigenvalue weighted by Gasteiger charge is -2.07. The van der Waals surface area contributed by atoms with Crippen LogP contribution in [0.4, 0.5) is 5.82 Å². The Morgan fingerprint density at radius 3 is 2.61 bits per heavy atom. The van der Waals surface area contributed by atoms with E-state index in [1.54, 1.807) is 24.3 Å². The Labute approximate surface area is 114 Å². The predicted octanol–water partition coefficient (Wildman–Crippen LogP) is 3.34. The molecular formula is C12H9Cl2N3O. The number of nitrogens with one attached hydrogen (secondary N) is 1. The molecule has 2 rings (SSSR count). The van der Waals surface area contributed by atoms with Gasteiger partial charge in [0.05, 0.1) is 10.6 Å². The van der Waals surface area contributed by atoms with Crippen molar-refractivity contribution in [3.05, 3.63) is 51.6 Å². The van der Waals surface area contributed by atoms with E-state index in [1.807, 2.05) is 13.0 Å². The lowest BCUT2D eigenvalue weighted by atomic mass is 10.1. The molecule has 0 radical (unpaired) electrons. The molecule has 1 aromatic heterocycles. The van der Waals surface area contributed by atoms with Crippen LogP contribution in [-0.2, 0) is 0 Å². The molecule has 0 saturated carbocycles. The average molecular weight is 282 g/mol. The summed E-state index contributed by atoms with van der Waals surface area (Å²) < 4.78 is 0. The molecule has 0 aliphatic rings. The minimum Gasteiger partial charge on any atom is -0.305 e. The molecule has 1 aromatic carbocycles. The van der Waals surface area contributed by atoms with Gasteiger partial charge in [-0.15, -0.1) is 10.2 Å². The summed E-state index contributed by atoms with van der Waals surface area (Å²) in [6.45, 7) is 1.83. The van der Waals surface area contributed by atoms with Crippen LogP contribution >= 0.6 is 23.2 Å². The van der Waals surface area contributed by atoms with Gasteiger partial charge in [-0.05, 0) is 30.7 Å². The molecule has 0 spiro atoms. The minimum absolute atomic E-state index is 0.265. The first-order chi connectivity index (χ1) is 8.58. The minimum atomic E-state index is -0.333. The molecule has 1 N–H and O–H groups in total. The number of benzene rings is 1. The van der Waals surface area contributed by atoms with Crippen molar-refractivity contribution in [2.24, 2.45) is 0 Å². The second-order valence-electron chi connectivity index (χ2n) is 3.63. The van der Waals surface area contributed by atoms with E-state index >= 15 is 0 Å². The van der Waals surface area contributed by atoms with Crippen LogP contribution in [0, 0.1) is 6.92 Å². The van der Waals surface area contributed by atoms with Crippen LogP contribution in [0.2, 0.25) is 10.2 Å². The van der Waals surface area contributed by atoms with E-state index in [4.69, 9.17) is 23.2 Å². The average Bonchev–Trinajstić information content (AvgIpc) is 2.35. The normalized spacial score (nSPS) is 10.2. The zero-order valence-corrected chi connectivity index (χ0v) is 11.0. The monoisotopic (exact) mass is 281 g/mol. The first-order valence-electron chi connectivity index (χ1n) is 5.13. The molecule has 0 aliphatic heterocycles. The number of aromatic nitrogens is 2. The van der Waals surface area contributed by atoms with E-state index in [2.05, 4.69) is 15.5 Å². The zero-order valence-electron chi connectivity index (χ0n) is 9.45. The van der Waals surface area contributed by atoms with Crippen molar-refractivity contribution in [3.8, 4) is 0 Å². The Hall–Kier alpha value is -1.65. The van der Waals surface area contributed by atoms with E-state index in [1.165, 1.54) is 0 Å². The summed E-state index contributed by atoms with van der Waals surface area (Å²) >= 11 is 11.7. The fraction of sp³-hybridized carbons (Fsp3) is 0.0833. The first-order valence-corrected chi connectivity index (χ1v) is 5.89. The van der Waals surface area contributed by atoms with Gasteiger partial charge in [-0.3, -0.25) is 4.79 Å². The molecule has 0 aliphatic carbocycles. The standard InChI is InChI=1S/C12H9Cl2N3O/c1-7-3-2-4-8(11(7)14)12(18)15-10-6-5-9(13)16-17-10/h2-6H,1H3,(H,15,17,18). The van der Waals surface area contributed by atoms with Crippen molar-refractivity contribution in [2.45, 2.75) is 6.92 Å². The smallest absolute Gasteiger partial charge is 0.258 e. The maximum Gasteiger partial charge on any atom is 0.258 e. The number of rotatable bonds is 2. The van der Waals surface area contributed by atoms with Crippen molar-refractivity contribution >= 4 is 34.9 Å². The van der Waals surface area contributed by atoms with Crippen LogP contribution in [-0.4, -0.2) is 16.1 Å². The molecule has 1 amide bonds. The summed E-state index contributed by atoms with van der Waals surface area (Å²) in [5, 5.41) is 10.7. The summed E-state index contributed by atoms with van der Waals surface area (Å²) in [4.78, 5) is 12.0. The summed E-state index contributed by atoms with van der Waals surface area (Å²) in [5.41, 5.74) is 1.24. The van der Waals surface area contributed by atoms with Crippen molar-refractivity contribution in [1.82, 2.24) is 10.2 Å². The van der Waals surface area contributed by atoms with Crippen molar-refractivity contribution in [3.63, 3.8) is 0 Å². The van der Waals surface area contributed by atoms with Gasteiger partial charge in [0, 0.05) is 0 Å². The van der Waals surface area contributed by atoms with E-state index in [0.717, 1.165) is 5.56 Å². The van der Waals surface area contributed by atoms with Gasteiger partial charge in [0.2, 0.25) is 0 Å². The number of carbonyl (C=O) groups is 1. The van der Waals surface area contributed by atoms with Gasteiger partial charge in [-0.25, -0.2) is 0 Å². The Morgan fingerprint density at radius 2 is 1.94 bits per heavy atom. The van der Waals surface area contributed by atoms with Crippen LogP contribution < -0.4 is 5.32 Å². The number of halogens is 2. The highest BCUT2D eigenvalue weighted by molar-refractivity contribution is 6.35. The van der Waals surface area contributed by atoms with Gasteiger partial charge in [0.15, 0.2) is 11.0 Å². The van der Waals surface area contributed by atoms with Gasteiger partial charge in [0.1, 0.15) is 0 Å². The Morgan fingerprint density at radius 1 is 1.17 bits per heavy atom. The fourth-order valence-electron chi connectivity index (χ4n) is 1.39. The van der Waals surface area contributed by atoms with E-state index in [-0.39, 0.29) is 11.1 Å². The van der Waals surface area contributed by atoms with Crippen molar-refractivity contribution in [1.29, 1.82) is 0 Å². The summed E-state index contributed by atoms with van der Waals surface area (Å²) in [5.74, 6) is -0.0118. The van der Waals surface area contributed by atoms with Gasteiger partial charge >= 0.3 is 0 Å². The lowest BCUT2D eigenvalue weighted by molar-refractivity contribution is 0.102. The summed E-state index contributed by atoms with van der Waals surface area (Å²) in [6.07, 6.45) is 0. The number of aryl methyl sites for hydroxylation is 1. The molecular weight excluding hydrogens is 273 g/mol. The SMILES string of the molecule is Cc1cccc(C(=O)Nc2ccc(Cl)nn2)c1Cl. The lowest BCUT2D eigenvalue weighted by Crippen LogP contribution is -2.14. The highest BCUT2D eigenvalue weighted by Gasteiger charge is 2.12. The number of amides is 1. The molecule has 4 nitrogen and oxygen atoms in total. The topological polar surface area (TPSA) is 54.9 Å². The number of nitrogens with zero attached hydrogens (tertiary/aromatic N) is 2. The molecule has 6 heteroatoms. The maximum absolute atomic E-state index is 12.0. The van der Waals surface area contributed by atoms with E-state index < -0.39 is 0 Å². The third-order valence-electron chi connectivity index (χ3n) is 2.31. The van der Waals surface area contributed by atoms with E-state index in [0.29, 0.717) is 16.4 Å². The van der Waals surface area contributed by atoms with Gasteiger partial charge in [-0.1, -0.05) is 35.3 Å². The van der Waals surface area contributed by atoms with Gasteiger partial charge in [-0.2, -0.15) is 0 Å². The highest BCUT2D eigenvalue weighted by Crippen LogP contribution is 2.21. The Kier molecular flexibility index (Phi) is 3.79. The fourth-order valence-corrected chi connectivity index (χ4v) is 1.70. The Balaban J connectivity index is 2.22. The highest BCUT2D eigenvalue weighted by atomic mass is 35.5. The zero-order chi connectivity index (χ0) is 13.1. The van der Waals surface area contributed by atoms with Gasteiger partial charge < -0.3 is 5.32 Å². The molecule has 2 aromatic rings. The van der Waals surface area contributed by atoms with Crippen LogP contribution in [0.25, 0.3) is 0 Å². The van der Waals surface area contributed by atoms with Crippen molar-refractivity contribution in [2.75, 3.05) is 5.32 Å². The van der Waals surface area contributed by atoms with Gasteiger partial charge in [0.25, 0.3) is 5.91 Å². The maximum atomic E-state index is 12.0. The Bertz CT molecular complexity index is 584. The van der Waals surface area contributed by atoms with Crippen LogP contribution in [0.1, 0.15) is 15.9 Å². The summed E-state index contributed by atoms with van der Waals surface area (Å²) in [7, 11) is 0. The van der Waals surface area contributed by atoms with Crippen LogP contribution in [0.3, 0.4) is 0 Å². The first kappa shape index (κ1) is 12.8. The quantitative estimate of drug-likeness (QED) is 0.919. The molecule has 0 bridgehead atoms. The number of anilines is 1. The summed E-state index contributed by atoms with van der Waals surface area (Å²) in [6, 6.07) is 8.36. The molecule has 0 fully saturated rings. The number of hydrogen-bond donors (Lipinski definition) is 1. The molecule has 0 atom stereocenters. The third kappa shape index (κ3) is 2.78. The molecule has 1 heterocycles. The third-order valence-corrected chi connectivity index (χ3v) is 3.01. The second kappa shape index (κ2) is 5.33. The molecule has 0 unspecified atom stereocenters. The number of hydrogen-bond acceptors (Lipinski definition) is 3. The van der Waals surface area contributed by atoms with E-state index in [9.17, 15) is 4.79 Å². The molecule has 92 valence electrons.